The van der Waals surface area contributed by atoms with Crippen LogP contribution in [-0.2, 0) is 0 Å². The quantitative estimate of drug-likeness (QED) is 0.704. The molecule has 0 amide bonds. The normalized spacial score (nSPS) is 18.8. The third kappa shape index (κ3) is 4.47. The molecular weight excluding hydrogens is 405 g/mol. The smallest absolute Gasteiger partial charge is 0.229 e. The highest BCUT2D eigenvalue weighted by molar-refractivity contribution is 6.32. The fourth-order valence-corrected chi connectivity index (χ4v) is 4.56. The monoisotopic (exact) mass is 435 g/mol. The molecule has 1 aromatic heterocycles. The lowest BCUT2D eigenvalue weighted by Gasteiger charge is -2.55. The van der Waals surface area contributed by atoms with Gasteiger partial charge >= 0.3 is 0 Å². The maximum Gasteiger partial charge on any atom is 0.229 e. The number of ether oxygens (including phenoxy) is 1. The second kappa shape index (κ2) is 8.19. The molecule has 1 aliphatic rings. The van der Waals surface area contributed by atoms with Crippen molar-refractivity contribution >= 4 is 29.1 Å². The van der Waals surface area contributed by atoms with Gasteiger partial charge in [0.25, 0.3) is 0 Å². The van der Waals surface area contributed by atoms with Crippen LogP contribution in [0.4, 0.5) is 21.8 Å². The van der Waals surface area contributed by atoms with Gasteiger partial charge in [0.2, 0.25) is 5.95 Å². The molecule has 2 heterocycles. The van der Waals surface area contributed by atoms with E-state index in [1.807, 2.05) is 18.0 Å². The van der Waals surface area contributed by atoms with Crippen molar-refractivity contribution in [1.29, 1.82) is 0 Å². The first-order valence-electron chi connectivity index (χ1n) is 10.0. The van der Waals surface area contributed by atoms with Gasteiger partial charge in [0.1, 0.15) is 5.75 Å². The molecule has 0 atom stereocenters. The van der Waals surface area contributed by atoms with E-state index in [1.54, 1.807) is 19.2 Å². The average Bonchev–Trinajstić information content (AvgIpc) is 2.66. The largest absolute Gasteiger partial charge is 0.495 e. The van der Waals surface area contributed by atoms with E-state index in [0.29, 0.717) is 22.4 Å². The number of likely N-dealkylation sites (tertiary alicyclic amines) is 1. The maximum absolute atomic E-state index is 14.7. The lowest BCUT2D eigenvalue weighted by molar-refractivity contribution is -0.0121. The molecule has 0 spiro atoms. The van der Waals surface area contributed by atoms with Gasteiger partial charge in [-0.2, -0.15) is 4.98 Å². The van der Waals surface area contributed by atoms with Crippen molar-refractivity contribution in [3.63, 3.8) is 0 Å². The zero-order chi connectivity index (χ0) is 22.3. The number of piperidine rings is 1. The number of hydrogen-bond donors (Lipinski definition) is 1. The Morgan fingerprint density at radius 1 is 1.23 bits per heavy atom. The number of hydrogen-bond acceptors (Lipinski definition) is 6. The van der Waals surface area contributed by atoms with Crippen molar-refractivity contribution in [3.05, 3.63) is 35.2 Å². The minimum Gasteiger partial charge on any atom is -0.495 e. The van der Waals surface area contributed by atoms with E-state index in [9.17, 15) is 4.39 Å². The lowest BCUT2D eigenvalue weighted by atomic mass is 9.77. The van der Waals surface area contributed by atoms with Crippen molar-refractivity contribution in [1.82, 2.24) is 14.9 Å². The second-order valence-electron chi connectivity index (χ2n) is 9.20. The Bertz CT molecular complexity index is 902. The SMILES string of the molecule is COc1ccc(Nc2ncc(F)c(N(C)C3CC(C)(C)N(C)C(C)(C)C3)n2)cc1Cl. The van der Waals surface area contributed by atoms with Crippen LogP contribution >= 0.6 is 11.6 Å². The highest BCUT2D eigenvalue weighted by Crippen LogP contribution is 2.39. The second-order valence-corrected chi connectivity index (χ2v) is 9.60. The number of methoxy groups -OCH3 is 1. The molecule has 30 heavy (non-hydrogen) atoms. The molecule has 164 valence electrons. The Balaban J connectivity index is 1.85. The molecular formula is C22H31ClFN5O. The molecule has 6 nitrogen and oxygen atoms in total. The molecule has 1 aromatic carbocycles. The number of aromatic nitrogens is 2. The van der Waals surface area contributed by atoms with Gasteiger partial charge in [-0.15, -0.1) is 0 Å². The summed E-state index contributed by atoms with van der Waals surface area (Å²) in [6, 6.07) is 5.43. The molecule has 1 fully saturated rings. The number of nitrogens with one attached hydrogen (secondary N) is 1. The van der Waals surface area contributed by atoms with Gasteiger partial charge in [0.05, 0.1) is 18.3 Å². The zero-order valence-corrected chi connectivity index (χ0v) is 19.5. The van der Waals surface area contributed by atoms with E-state index >= 15 is 0 Å². The van der Waals surface area contributed by atoms with E-state index in [1.165, 1.54) is 6.20 Å². The molecule has 0 unspecified atom stereocenters. The van der Waals surface area contributed by atoms with Gasteiger partial charge in [-0.25, -0.2) is 9.37 Å². The van der Waals surface area contributed by atoms with Gasteiger partial charge in [0.15, 0.2) is 11.6 Å². The Morgan fingerprint density at radius 3 is 2.43 bits per heavy atom. The molecule has 1 saturated heterocycles. The van der Waals surface area contributed by atoms with E-state index in [0.717, 1.165) is 12.8 Å². The summed E-state index contributed by atoms with van der Waals surface area (Å²) in [5.41, 5.74) is 0.679. The molecule has 1 aliphatic heterocycles. The summed E-state index contributed by atoms with van der Waals surface area (Å²) >= 11 is 6.19. The molecule has 3 rings (SSSR count). The Kier molecular flexibility index (Phi) is 6.16. The molecule has 1 N–H and O–H groups in total. The van der Waals surface area contributed by atoms with E-state index in [2.05, 4.69) is 54.9 Å². The van der Waals surface area contributed by atoms with Gasteiger partial charge < -0.3 is 15.0 Å². The first kappa shape index (κ1) is 22.6. The summed E-state index contributed by atoms with van der Waals surface area (Å²) in [7, 11) is 5.62. The Labute approximate surface area is 183 Å². The van der Waals surface area contributed by atoms with E-state index in [4.69, 9.17) is 16.3 Å². The maximum atomic E-state index is 14.7. The summed E-state index contributed by atoms with van der Waals surface area (Å²) in [6.45, 7) is 8.91. The number of nitrogens with zero attached hydrogens (tertiary/aromatic N) is 4. The number of halogens is 2. The standard InChI is InChI=1S/C22H31ClFN5O/c1-21(2)11-15(12-22(3,4)29(21)6)28(5)19-17(24)13-25-20(27-19)26-14-8-9-18(30-7)16(23)10-14/h8-10,13,15H,11-12H2,1-7H3,(H,25,26,27). The molecule has 0 bridgehead atoms. The minimum atomic E-state index is -0.439. The molecule has 0 radical (unpaired) electrons. The Hall–Kier alpha value is -2.12. The summed E-state index contributed by atoms with van der Waals surface area (Å²) in [4.78, 5) is 12.9. The van der Waals surface area contributed by atoms with Gasteiger partial charge in [-0.1, -0.05) is 11.6 Å². The summed E-state index contributed by atoms with van der Waals surface area (Å²) < 4.78 is 19.9. The molecule has 0 aliphatic carbocycles. The first-order valence-corrected chi connectivity index (χ1v) is 10.4. The van der Waals surface area contributed by atoms with E-state index < -0.39 is 5.82 Å². The topological polar surface area (TPSA) is 53.5 Å². The van der Waals surface area contributed by atoms with Gasteiger partial charge in [-0.05, 0) is 65.8 Å². The highest BCUT2D eigenvalue weighted by atomic mass is 35.5. The summed E-state index contributed by atoms with van der Waals surface area (Å²) in [5.74, 6) is 0.736. The number of benzene rings is 1. The average molecular weight is 436 g/mol. The predicted molar refractivity (Wildman–Crippen MR) is 121 cm³/mol. The fourth-order valence-electron chi connectivity index (χ4n) is 4.30. The fraction of sp³-hybridized carbons (Fsp3) is 0.545. The van der Waals surface area contributed by atoms with Crippen molar-refractivity contribution in [2.75, 3.05) is 31.4 Å². The van der Waals surface area contributed by atoms with Crippen LogP contribution in [0.2, 0.25) is 5.02 Å². The molecule has 8 heteroatoms. The van der Waals surface area contributed by atoms with Crippen LogP contribution in [0, 0.1) is 5.82 Å². The third-order valence-corrected chi connectivity index (χ3v) is 6.60. The number of rotatable bonds is 5. The summed E-state index contributed by atoms with van der Waals surface area (Å²) in [6.07, 6.45) is 3.02. The van der Waals surface area contributed by atoms with E-state index in [-0.39, 0.29) is 22.9 Å². The molecule has 0 saturated carbocycles. The molecule has 2 aromatic rings. The lowest BCUT2D eigenvalue weighted by Crippen LogP contribution is -2.62. The third-order valence-electron chi connectivity index (χ3n) is 6.30. The zero-order valence-electron chi connectivity index (χ0n) is 18.8. The van der Waals surface area contributed by atoms with Gasteiger partial charge in [0, 0.05) is 29.9 Å². The van der Waals surface area contributed by atoms with Crippen LogP contribution in [-0.4, -0.2) is 53.2 Å². The van der Waals surface area contributed by atoms with Crippen molar-refractivity contribution in [2.45, 2.75) is 57.7 Å². The van der Waals surface area contributed by atoms with Crippen LogP contribution in [0.1, 0.15) is 40.5 Å². The summed E-state index contributed by atoms with van der Waals surface area (Å²) in [5, 5.41) is 3.57. The van der Waals surface area contributed by atoms with Crippen LogP contribution in [0.3, 0.4) is 0 Å². The van der Waals surface area contributed by atoms with Crippen LogP contribution < -0.4 is 15.0 Å². The van der Waals surface area contributed by atoms with Crippen LogP contribution in [0.5, 0.6) is 5.75 Å². The number of anilines is 3. The highest BCUT2D eigenvalue weighted by Gasteiger charge is 2.44. The van der Waals surface area contributed by atoms with Crippen LogP contribution in [0.15, 0.2) is 24.4 Å². The van der Waals surface area contributed by atoms with Crippen molar-refractivity contribution < 1.29 is 9.13 Å². The van der Waals surface area contributed by atoms with Crippen molar-refractivity contribution in [3.8, 4) is 5.75 Å². The van der Waals surface area contributed by atoms with Gasteiger partial charge in [-0.3, -0.25) is 4.90 Å². The van der Waals surface area contributed by atoms with Crippen LogP contribution in [0.25, 0.3) is 0 Å². The Morgan fingerprint density at radius 2 is 1.87 bits per heavy atom. The predicted octanol–water partition coefficient (Wildman–Crippen LogP) is 5.11. The minimum absolute atomic E-state index is 0.00882. The first-order chi connectivity index (χ1) is 13.9. The van der Waals surface area contributed by atoms with Crippen molar-refractivity contribution in [2.24, 2.45) is 0 Å².